The molecular formula is C21H20N2O3S. The van der Waals surface area contributed by atoms with Gasteiger partial charge in [0, 0.05) is 18.8 Å². The largest absolute Gasteiger partial charge is 0.490 e. The molecular weight excluding hydrogens is 360 g/mol. The van der Waals surface area contributed by atoms with Crippen LogP contribution in [0.15, 0.2) is 42.7 Å². The summed E-state index contributed by atoms with van der Waals surface area (Å²) in [7, 11) is 0. The molecule has 0 spiro atoms. The van der Waals surface area contributed by atoms with Crippen LogP contribution in [0.1, 0.15) is 29.8 Å². The molecule has 1 aliphatic heterocycles. The number of hydrogen-bond donors (Lipinski definition) is 1. The number of aliphatic hydroxyl groups excluding tert-OH is 1. The third-order valence-corrected chi connectivity index (χ3v) is 5.45. The number of aliphatic hydroxyl groups is 1. The van der Waals surface area contributed by atoms with Crippen molar-refractivity contribution in [2.45, 2.75) is 19.4 Å². The van der Waals surface area contributed by atoms with Crippen molar-refractivity contribution in [1.29, 1.82) is 0 Å². The molecule has 0 unspecified atom stereocenters. The summed E-state index contributed by atoms with van der Waals surface area (Å²) >= 11 is 1.57. The van der Waals surface area contributed by atoms with E-state index >= 15 is 0 Å². The predicted molar refractivity (Wildman–Crippen MR) is 105 cm³/mol. The Morgan fingerprint density at radius 1 is 1.22 bits per heavy atom. The molecule has 3 aromatic rings. The molecule has 27 heavy (non-hydrogen) atoms. The van der Waals surface area contributed by atoms with Gasteiger partial charge in [0.1, 0.15) is 6.61 Å². The number of rotatable bonds is 3. The van der Waals surface area contributed by atoms with Gasteiger partial charge in [0.15, 0.2) is 17.3 Å². The van der Waals surface area contributed by atoms with Gasteiger partial charge in [-0.15, -0.1) is 11.3 Å². The molecule has 3 heterocycles. The fraction of sp³-hybridized carbons (Fsp3) is 0.286. The first-order valence-corrected chi connectivity index (χ1v) is 9.70. The average molecular weight is 380 g/mol. The van der Waals surface area contributed by atoms with E-state index in [1.54, 1.807) is 11.3 Å². The van der Waals surface area contributed by atoms with Crippen LogP contribution in [0.5, 0.6) is 11.5 Å². The minimum atomic E-state index is -0.136. The van der Waals surface area contributed by atoms with E-state index in [-0.39, 0.29) is 12.6 Å². The van der Waals surface area contributed by atoms with Gasteiger partial charge in [0.05, 0.1) is 29.0 Å². The first-order chi connectivity index (χ1) is 13.3. The van der Waals surface area contributed by atoms with E-state index in [0.29, 0.717) is 13.2 Å². The third-order valence-electron chi connectivity index (χ3n) is 4.46. The van der Waals surface area contributed by atoms with Crippen LogP contribution in [0.25, 0.3) is 10.7 Å². The summed E-state index contributed by atoms with van der Waals surface area (Å²) in [6.07, 6.45) is 4.70. The van der Waals surface area contributed by atoms with Gasteiger partial charge in [-0.25, -0.2) is 4.98 Å². The zero-order valence-corrected chi connectivity index (χ0v) is 15.8. The van der Waals surface area contributed by atoms with E-state index in [4.69, 9.17) is 14.6 Å². The molecule has 2 aromatic heterocycles. The molecule has 1 aliphatic rings. The summed E-state index contributed by atoms with van der Waals surface area (Å²) in [5.74, 6) is 8.14. The van der Waals surface area contributed by atoms with E-state index in [2.05, 4.69) is 40.4 Å². The zero-order valence-electron chi connectivity index (χ0n) is 15.0. The van der Waals surface area contributed by atoms with Crippen molar-refractivity contribution in [1.82, 2.24) is 9.55 Å². The van der Waals surface area contributed by atoms with E-state index in [0.717, 1.165) is 39.1 Å². The number of nitrogens with zero attached hydrogens (tertiary/aromatic N) is 2. The Morgan fingerprint density at radius 2 is 2.07 bits per heavy atom. The van der Waals surface area contributed by atoms with E-state index in [1.165, 1.54) is 0 Å². The van der Waals surface area contributed by atoms with Crippen LogP contribution < -0.4 is 9.47 Å². The predicted octanol–water partition coefficient (Wildman–Crippen LogP) is 3.73. The molecule has 138 valence electrons. The molecule has 0 radical (unpaired) electrons. The Balaban J connectivity index is 1.64. The molecule has 1 N–H and O–H groups in total. The fourth-order valence-corrected chi connectivity index (χ4v) is 3.95. The van der Waals surface area contributed by atoms with Gasteiger partial charge in [-0.05, 0) is 36.8 Å². The highest BCUT2D eigenvalue weighted by Crippen LogP contribution is 2.35. The smallest absolute Gasteiger partial charge is 0.161 e. The summed E-state index contributed by atoms with van der Waals surface area (Å²) in [5, 5.41) is 8.86. The van der Waals surface area contributed by atoms with Gasteiger partial charge >= 0.3 is 0 Å². The second kappa shape index (κ2) is 7.87. The van der Waals surface area contributed by atoms with Gasteiger partial charge < -0.3 is 19.1 Å². The lowest BCUT2D eigenvalue weighted by Gasteiger charge is -2.18. The second-order valence-electron chi connectivity index (χ2n) is 6.21. The Hall–Kier alpha value is -2.75. The average Bonchev–Trinajstić information content (AvgIpc) is 3.29. The van der Waals surface area contributed by atoms with Gasteiger partial charge in [-0.2, -0.15) is 0 Å². The minimum absolute atomic E-state index is 0.0914. The maximum Gasteiger partial charge on any atom is 0.161 e. The standard InChI is InChI=1S/C21H20N2O3S/c1-15(16-5-7-18-19(14-16)26-13-3-12-25-18)23-10-9-22-21(23)20-8-6-17(27-20)4-2-11-24/h5-10,14-15,24H,3,11-13H2,1H3/t15-/m1/s1. The van der Waals surface area contributed by atoms with Crippen molar-refractivity contribution in [2.75, 3.05) is 19.8 Å². The van der Waals surface area contributed by atoms with E-state index < -0.39 is 0 Å². The number of aromatic nitrogens is 2. The molecule has 5 nitrogen and oxygen atoms in total. The topological polar surface area (TPSA) is 56.5 Å². The number of ether oxygens (including phenoxy) is 2. The first-order valence-electron chi connectivity index (χ1n) is 8.88. The Labute approximate surface area is 162 Å². The van der Waals surface area contributed by atoms with Crippen molar-refractivity contribution in [3.63, 3.8) is 0 Å². The molecule has 1 aromatic carbocycles. The Bertz CT molecular complexity index is 996. The number of hydrogen-bond acceptors (Lipinski definition) is 5. The Morgan fingerprint density at radius 3 is 2.93 bits per heavy atom. The summed E-state index contributed by atoms with van der Waals surface area (Å²) < 4.78 is 13.7. The normalized spacial score (nSPS) is 14.1. The number of benzene rings is 1. The van der Waals surface area contributed by atoms with Gasteiger partial charge in [0.2, 0.25) is 0 Å². The SMILES string of the molecule is C[C@H](c1ccc2c(c1)OCCCO2)n1ccnc1-c1ccc(C#CCO)s1. The highest BCUT2D eigenvalue weighted by molar-refractivity contribution is 7.15. The van der Waals surface area contributed by atoms with Crippen molar-refractivity contribution >= 4 is 11.3 Å². The molecule has 4 rings (SSSR count). The maximum absolute atomic E-state index is 8.86. The van der Waals surface area contributed by atoms with Crippen LogP contribution in [-0.4, -0.2) is 34.5 Å². The van der Waals surface area contributed by atoms with Crippen molar-refractivity contribution in [3.8, 4) is 34.0 Å². The summed E-state index contributed by atoms with van der Waals surface area (Å²) in [5.41, 5.74) is 1.13. The quantitative estimate of drug-likeness (QED) is 0.704. The van der Waals surface area contributed by atoms with Crippen LogP contribution in [0.4, 0.5) is 0 Å². The number of thiophene rings is 1. The number of imidazole rings is 1. The first kappa shape index (κ1) is 17.7. The third kappa shape index (κ3) is 3.70. The monoisotopic (exact) mass is 380 g/mol. The van der Waals surface area contributed by atoms with Crippen LogP contribution in [-0.2, 0) is 0 Å². The van der Waals surface area contributed by atoms with Gasteiger partial charge in [-0.3, -0.25) is 0 Å². The van der Waals surface area contributed by atoms with Crippen LogP contribution >= 0.6 is 11.3 Å². The molecule has 0 amide bonds. The van der Waals surface area contributed by atoms with E-state index in [9.17, 15) is 0 Å². The molecule has 1 atom stereocenters. The van der Waals surface area contributed by atoms with Gasteiger partial charge in [-0.1, -0.05) is 17.9 Å². The van der Waals surface area contributed by atoms with Crippen LogP contribution in [0, 0.1) is 11.8 Å². The van der Waals surface area contributed by atoms with Crippen molar-refractivity contribution in [3.05, 3.63) is 53.2 Å². The fourth-order valence-electron chi connectivity index (χ4n) is 3.07. The van der Waals surface area contributed by atoms with Crippen molar-refractivity contribution in [2.24, 2.45) is 0 Å². The molecule has 0 aliphatic carbocycles. The lowest BCUT2D eigenvalue weighted by atomic mass is 10.1. The molecule has 0 bridgehead atoms. The minimum Gasteiger partial charge on any atom is -0.490 e. The Kier molecular flexibility index (Phi) is 5.14. The maximum atomic E-state index is 8.86. The lowest BCUT2D eigenvalue weighted by Crippen LogP contribution is -2.07. The van der Waals surface area contributed by atoms with Crippen molar-refractivity contribution < 1.29 is 14.6 Å². The summed E-state index contributed by atoms with van der Waals surface area (Å²) in [6.45, 7) is 3.37. The summed E-state index contributed by atoms with van der Waals surface area (Å²) in [6, 6.07) is 10.2. The molecule has 6 heteroatoms. The highest BCUT2D eigenvalue weighted by atomic mass is 32.1. The van der Waals surface area contributed by atoms with Crippen LogP contribution in [0.3, 0.4) is 0 Å². The van der Waals surface area contributed by atoms with E-state index in [1.807, 2.05) is 30.6 Å². The van der Waals surface area contributed by atoms with Crippen LogP contribution in [0.2, 0.25) is 0 Å². The molecule has 0 saturated heterocycles. The molecule has 0 fully saturated rings. The number of fused-ring (bicyclic) bond motifs is 1. The lowest BCUT2D eigenvalue weighted by molar-refractivity contribution is 0.297. The molecule has 0 saturated carbocycles. The second-order valence-corrected chi connectivity index (χ2v) is 7.30. The van der Waals surface area contributed by atoms with Gasteiger partial charge in [0.25, 0.3) is 0 Å². The summed E-state index contributed by atoms with van der Waals surface area (Å²) in [4.78, 5) is 6.51. The highest BCUT2D eigenvalue weighted by Gasteiger charge is 2.18. The zero-order chi connectivity index (χ0) is 18.6.